The summed E-state index contributed by atoms with van der Waals surface area (Å²) < 4.78 is 45.1. The van der Waals surface area contributed by atoms with E-state index in [4.69, 9.17) is 0 Å². The molecule has 0 saturated carbocycles. The van der Waals surface area contributed by atoms with Gasteiger partial charge in [-0.15, -0.1) is 13.2 Å². The predicted molar refractivity (Wildman–Crippen MR) is 187 cm³/mol. The molecule has 270 valence electrons. The summed E-state index contributed by atoms with van der Waals surface area (Å²) in [4.78, 5) is 42.2. The Morgan fingerprint density at radius 2 is 1.58 bits per heavy atom. The first-order chi connectivity index (χ1) is 23.6. The van der Waals surface area contributed by atoms with Crippen LogP contribution in [0.25, 0.3) is 22.4 Å². The number of H-pyrrole nitrogens is 1. The van der Waals surface area contributed by atoms with Crippen molar-refractivity contribution in [2.45, 2.75) is 65.4 Å². The third kappa shape index (κ3) is 8.26. The fourth-order valence-electron chi connectivity index (χ4n) is 7.51. The molecule has 2 aromatic carbocycles. The van der Waals surface area contributed by atoms with E-state index in [1.165, 1.54) is 12.1 Å². The van der Waals surface area contributed by atoms with Gasteiger partial charge in [0.05, 0.1) is 17.9 Å². The molecule has 0 bridgehead atoms. The van der Waals surface area contributed by atoms with Gasteiger partial charge in [-0.1, -0.05) is 52.0 Å². The Labute approximate surface area is 292 Å². The molecule has 2 atom stereocenters. The minimum absolute atomic E-state index is 0.166. The number of hydrogen-bond donors (Lipinski definition) is 2. The second kappa shape index (κ2) is 14.3. The summed E-state index contributed by atoms with van der Waals surface area (Å²) in [5.41, 5.74) is 2.31. The van der Waals surface area contributed by atoms with Crippen molar-refractivity contribution >= 4 is 17.6 Å². The van der Waals surface area contributed by atoms with Crippen molar-refractivity contribution < 1.29 is 27.5 Å². The second-order valence-electron chi connectivity index (χ2n) is 15.0. The van der Waals surface area contributed by atoms with Gasteiger partial charge in [0.15, 0.2) is 0 Å². The van der Waals surface area contributed by atoms with E-state index in [1.54, 1.807) is 29.3 Å². The number of halogens is 3. The molecule has 3 aromatic rings. The maximum atomic E-state index is 13.5. The van der Waals surface area contributed by atoms with Crippen molar-refractivity contribution in [3.05, 3.63) is 54.5 Å². The van der Waals surface area contributed by atoms with Crippen LogP contribution in [0.2, 0.25) is 0 Å². The number of aromatic amines is 1. The lowest BCUT2D eigenvalue weighted by Gasteiger charge is -2.43. The zero-order valence-corrected chi connectivity index (χ0v) is 29.5. The summed E-state index contributed by atoms with van der Waals surface area (Å²) in [7, 11) is 2.09. The van der Waals surface area contributed by atoms with Gasteiger partial charge in [-0.05, 0) is 55.5 Å². The van der Waals surface area contributed by atoms with Crippen molar-refractivity contribution in [1.29, 1.82) is 0 Å². The number of carbonyl (C=O) groups is 2. The Bertz CT molecular complexity index is 1650. The molecule has 3 saturated heterocycles. The first kappa shape index (κ1) is 35.7. The van der Waals surface area contributed by atoms with Crippen LogP contribution in [0.3, 0.4) is 0 Å². The van der Waals surface area contributed by atoms with Gasteiger partial charge in [0.1, 0.15) is 11.6 Å². The quantitative estimate of drug-likeness (QED) is 0.293. The van der Waals surface area contributed by atoms with Crippen LogP contribution in [-0.2, 0) is 4.79 Å². The highest BCUT2D eigenvalue weighted by atomic mass is 19.4. The van der Waals surface area contributed by atoms with Crippen LogP contribution in [0.4, 0.5) is 23.7 Å². The standard InChI is InChI=1S/C37H48F3N7O3/c1-24-20-31(44(5)23-24)33-41-22-30(43-33)26-8-6-25(7-9-26)29-11-10-27(21-32(29)50-37(38,39)40)42-35(49)47-14-12-28(13-15-47)45-16-18-46(19-17-45)34(48)36(2,3)4/h6-11,21-22,24,28,31H,12-20,23H2,1-5H3,(H,41,43)(H,42,49). The van der Waals surface area contributed by atoms with E-state index in [9.17, 15) is 22.8 Å². The Kier molecular flexibility index (Phi) is 10.2. The highest BCUT2D eigenvalue weighted by Gasteiger charge is 2.35. The van der Waals surface area contributed by atoms with Gasteiger partial charge in [-0.2, -0.15) is 0 Å². The Hall–Kier alpha value is -4.10. The van der Waals surface area contributed by atoms with E-state index < -0.39 is 17.5 Å². The number of nitrogens with zero attached hydrogens (tertiary/aromatic N) is 5. The number of urea groups is 1. The minimum Gasteiger partial charge on any atom is -0.405 e. The molecule has 2 unspecified atom stereocenters. The molecule has 50 heavy (non-hydrogen) atoms. The summed E-state index contributed by atoms with van der Waals surface area (Å²) in [6.07, 6.45) is -0.525. The normalized spacial score (nSPS) is 21.4. The first-order valence-corrected chi connectivity index (χ1v) is 17.5. The SMILES string of the molecule is CC1CC(c2ncc(-c3ccc(-c4ccc(NC(=O)N5CCC(N6CCN(C(=O)C(C)(C)C)CC6)CC5)cc4OC(F)(F)F)cc3)[nH]2)N(C)C1. The number of nitrogens with one attached hydrogen (secondary N) is 2. The summed E-state index contributed by atoms with van der Waals surface area (Å²) in [5, 5.41) is 2.77. The minimum atomic E-state index is -4.91. The van der Waals surface area contributed by atoms with Crippen molar-refractivity contribution in [2.75, 3.05) is 58.2 Å². The Balaban J connectivity index is 1.07. The van der Waals surface area contributed by atoms with Gasteiger partial charge in [0, 0.05) is 74.6 Å². The number of benzene rings is 2. The summed E-state index contributed by atoms with van der Waals surface area (Å²) in [6.45, 7) is 13.1. The van der Waals surface area contributed by atoms with Gasteiger partial charge in [0.25, 0.3) is 0 Å². The molecule has 3 aliphatic rings. The molecule has 3 fully saturated rings. The number of ether oxygens (including phenoxy) is 1. The van der Waals surface area contributed by atoms with Crippen LogP contribution in [0.1, 0.15) is 58.8 Å². The molecular weight excluding hydrogens is 647 g/mol. The topological polar surface area (TPSA) is 97.0 Å². The molecule has 3 amide bonds. The monoisotopic (exact) mass is 695 g/mol. The van der Waals surface area contributed by atoms with E-state index in [0.717, 1.165) is 56.0 Å². The van der Waals surface area contributed by atoms with Gasteiger partial charge in [-0.3, -0.25) is 14.6 Å². The summed E-state index contributed by atoms with van der Waals surface area (Å²) in [6, 6.07) is 11.7. The van der Waals surface area contributed by atoms with E-state index in [-0.39, 0.29) is 29.2 Å². The molecular formula is C37H48F3N7O3. The van der Waals surface area contributed by atoms with Gasteiger partial charge in [0.2, 0.25) is 5.91 Å². The molecule has 6 rings (SSSR count). The number of piperazine rings is 1. The number of likely N-dealkylation sites (tertiary alicyclic amines) is 2. The third-order valence-electron chi connectivity index (χ3n) is 10.1. The van der Waals surface area contributed by atoms with Crippen molar-refractivity contribution in [1.82, 2.24) is 29.6 Å². The van der Waals surface area contributed by atoms with Crippen molar-refractivity contribution in [3.8, 4) is 28.1 Å². The number of imidazole rings is 1. The zero-order valence-electron chi connectivity index (χ0n) is 29.5. The van der Waals surface area contributed by atoms with Crippen LogP contribution in [0, 0.1) is 11.3 Å². The van der Waals surface area contributed by atoms with Gasteiger partial charge < -0.3 is 24.8 Å². The molecule has 13 heteroatoms. The van der Waals surface area contributed by atoms with E-state index in [0.29, 0.717) is 43.7 Å². The van der Waals surface area contributed by atoms with E-state index in [1.807, 2.05) is 37.8 Å². The fourth-order valence-corrected chi connectivity index (χ4v) is 7.51. The van der Waals surface area contributed by atoms with Crippen LogP contribution >= 0.6 is 0 Å². The summed E-state index contributed by atoms with van der Waals surface area (Å²) in [5.74, 6) is 1.27. The molecule has 3 aliphatic heterocycles. The van der Waals surface area contributed by atoms with E-state index in [2.05, 4.69) is 43.8 Å². The van der Waals surface area contributed by atoms with Crippen LogP contribution in [0.15, 0.2) is 48.7 Å². The van der Waals surface area contributed by atoms with Crippen molar-refractivity contribution in [2.24, 2.45) is 11.3 Å². The summed E-state index contributed by atoms with van der Waals surface area (Å²) >= 11 is 0. The largest absolute Gasteiger partial charge is 0.573 e. The zero-order chi connectivity index (χ0) is 35.8. The average molecular weight is 696 g/mol. The Morgan fingerprint density at radius 1 is 0.920 bits per heavy atom. The smallest absolute Gasteiger partial charge is 0.405 e. The van der Waals surface area contributed by atoms with Crippen molar-refractivity contribution in [3.63, 3.8) is 0 Å². The number of rotatable bonds is 6. The third-order valence-corrected chi connectivity index (χ3v) is 10.1. The number of hydrogen-bond acceptors (Lipinski definition) is 6. The van der Waals surface area contributed by atoms with Crippen LogP contribution in [0.5, 0.6) is 5.75 Å². The number of alkyl halides is 3. The number of amides is 3. The number of carbonyl (C=O) groups excluding carboxylic acids is 2. The second-order valence-corrected chi connectivity index (χ2v) is 15.0. The molecule has 2 N–H and O–H groups in total. The average Bonchev–Trinajstić information content (AvgIpc) is 3.69. The van der Waals surface area contributed by atoms with E-state index >= 15 is 0 Å². The number of piperidine rings is 1. The lowest BCUT2D eigenvalue weighted by Crippen LogP contribution is -2.56. The molecule has 0 radical (unpaired) electrons. The van der Waals surface area contributed by atoms with Crippen LogP contribution < -0.4 is 10.1 Å². The lowest BCUT2D eigenvalue weighted by atomic mass is 9.94. The molecule has 1 aromatic heterocycles. The number of aromatic nitrogens is 2. The van der Waals surface area contributed by atoms with Gasteiger partial charge >= 0.3 is 12.4 Å². The van der Waals surface area contributed by atoms with Crippen LogP contribution in [-0.4, -0.2) is 107 Å². The number of anilines is 1. The first-order valence-electron chi connectivity index (χ1n) is 17.5. The molecule has 4 heterocycles. The maximum absolute atomic E-state index is 13.5. The molecule has 10 nitrogen and oxygen atoms in total. The maximum Gasteiger partial charge on any atom is 0.573 e. The fraction of sp³-hybridized carbons (Fsp3) is 0.541. The highest BCUT2D eigenvalue weighted by molar-refractivity contribution is 5.90. The highest BCUT2D eigenvalue weighted by Crippen LogP contribution is 2.38. The molecule has 0 aliphatic carbocycles. The van der Waals surface area contributed by atoms with Gasteiger partial charge in [-0.25, -0.2) is 9.78 Å². The predicted octanol–water partition coefficient (Wildman–Crippen LogP) is 6.84. The lowest BCUT2D eigenvalue weighted by molar-refractivity contribution is -0.274. The Morgan fingerprint density at radius 3 is 2.18 bits per heavy atom. The molecule has 0 spiro atoms.